The van der Waals surface area contributed by atoms with Gasteiger partial charge in [0.1, 0.15) is 5.82 Å². The third kappa shape index (κ3) is 6.53. The van der Waals surface area contributed by atoms with Crippen LogP contribution in [0.1, 0.15) is 11.1 Å². The predicted molar refractivity (Wildman–Crippen MR) is 158 cm³/mol. The Bertz CT molecular complexity index is 1680. The number of sulfone groups is 1. The average Bonchev–Trinajstić information content (AvgIpc) is 3.24. The van der Waals surface area contributed by atoms with E-state index in [0.717, 1.165) is 52.7 Å². The Balaban J connectivity index is 1.28. The molecule has 9 nitrogen and oxygen atoms in total. The summed E-state index contributed by atoms with van der Waals surface area (Å²) in [5.41, 5.74) is 5.68. The Hall–Kier alpha value is -4.44. The van der Waals surface area contributed by atoms with Crippen LogP contribution >= 0.6 is 0 Å². The smallest absolute Gasteiger partial charge is 0.229 e. The van der Waals surface area contributed by atoms with E-state index >= 15 is 0 Å². The second-order valence-electron chi connectivity index (χ2n) is 9.52. The molecule has 200 valence electrons. The zero-order chi connectivity index (χ0) is 27.4. The van der Waals surface area contributed by atoms with Gasteiger partial charge in [-0.1, -0.05) is 42.5 Å². The highest BCUT2D eigenvalue weighted by Crippen LogP contribution is 2.28. The lowest BCUT2D eigenvalue weighted by atomic mass is 10.1. The minimum absolute atomic E-state index is 0.00984. The van der Waals surface area contributed by atoms with E-state index < -0.39 is 9.84 Å². The fourth-order valence-corrected chi connectivity index (χ4v) is 5.16. The Labute approximate surface area is 228 Å². The maximum atomic E-state index is 11.5. The lowest BCUT2D eigenvalue weighted by Crippen LogP contribution is -2.12. The van der Waals surface area contributed by atoms with Crippen molar-refractivity contribution in [1.82, 2.24) is 19.5 Å². The van der Waals surface area contributed by atoms with Gasteiger partial charge in [-0.15, -0.1) is 0 Å². The second-order valence-corrected chi connectivity index (χ2v) is 11.7. The van der Waals surface area contributed by atoms with E-state index in [0.29, 0.717) is 5.95 Å². The standard InChI is InChI=1S/C29H31N7O2S/c1-35(27-16-18-30-28(34-27)32-23-11-9-22(10-12-23)20-39(3,37)38)24-13-14-26-25(19-24)33-29(36(26)2)31-17-15-21-7-5-4-6-8-21/h4-14,16,18-19H,15,17,20H2,1-3H3,(H,31,33)(H,30,32,34). The van der Waals surface area contributed by atoms with Gasteiger partial charge in [-0.05, 0) is 53.9 Å². The molecule has 0 bridgehead atoms. The largest absolute Gasteiger partial charge is 0.355 e. The number of hydrogen-bond donors (Lipinski definition) is 2. The van der Waals surface area contributed by atoms with E-state index in [1.54, 1.807) is 18.3 Å². The van der Waals surface area contributed by atoms with Gasteiger partial charge in [-0.25, -0.2) is 18.4 Å². The number of benzene rings is 3. The molecule has 10 heteroatoms. The molecular weight excluding hydrogens is 510 g/mol. The molecule has 0 unspecified atom stereocenters. The number of imidazole rings is 1. The molecule has 0 aliphatic rings. The fraction of sp³-hybridized carbons (Fsp3) is 0.207. The van der Waals surface area contributed by atoms with Crippen molar-refractivity contribution in [3.05, 3.63) is 96.2 Å². The average molecular weight is 542 g/mol. The first kappa shape index (κ1) is 26.2. The van der Waals surface area contributed by atoms with Crippen LogP contribution in [0.3, 0.4) is 0 Å². The molecule has 5 rings (SSSR count). The van der Waals surface area contributed by atoms with Crippen molar-refractivity contribution in [2.45, 2.75) is 12.2 Å². The monoisotopic (exact) mass is 541 g/mol. The SMILES string of the molecule is CN(c1ccc2c(c1)nc(NCCc1ccccc1)n2C)c1ccnc(Nc2ccc(CS(C)(=O)=O)cc2)n1. The maximum absolute atomic E-state index is 11.5. The van der Waals surface area contributed by atoms with Crippen LogP contribution in [0.25, 0.3) is 11.0 Å². The molecule has 2 N–H and O–H groups in total. The van der Waals surface area contributed by atoms with Crippen LogP contribution in [0, 0.1) is 0 Å². The lowest BCUT2D eigenvalue weighted by Gasteiger charge is -2.19. The predicted octanol–water partition coefficient (Wildman–Crippen LogP) is 5.07. The summed E-state index contributed by atoms with van der Waals surface area (Å²) in [6, 6.07) is 25.6. The van der Waals surface area contributed by atoms with Crippen molar-refractivity contribution >= 4 is 50.0 Å². The van der Waals surface area contributed by atoms with Crippen molar-refractivity contribution in [3.8, 4) is 0 Å². The van der Waals surface area contributed by atoms with Crippen molar-refractivity contribution < 1.29 is 8.42 Å². The number of hydrogen-bond acceptors (Lipinski definition) is 8. The molecule has 3 aromatic carbocycles. The first-order valence-electron chi connectivity index (χ1n) is 12.6. The molecule has 0 spiro atoms. The summed E-state index contributed by atoms with van der Waals surface area (Å²) in [7, 11) is 0.887. The van der Waals surface area contributed by atoms with E-state index in [2.05, 4.69) is 55.5 Å². The summed E-state index contributed by atoms with van der Waals surface area (Å²) < 4.78 is 25.1. The molecule has 0 atom stereocenters. The number of anilines is 5. The first-order chi connectivity index (χ1) is 18.7. The number of nitrogens with one attached hydrogen (secondary N) is 2. The quantitative estimate of drug-likeness (QED) is 0.252. The third-order valence-electron chi connectivity index (χ3n) is 6.41. The molecule has 0 radical (unpaired) electrons. The highest BCUT2D eigenvalue weighted by molar-refractivity contribution is 7.89. The summed E-state index contributed by atoms with van der Waals surface area (Å²) in [6.45, 7) is 0.797. The maximum Gasteiger partial charge on any atom is 0.229 e. The number of aryl methyl sites for hydroxylation is 1. The van der Waals surface area contributed by atoms with E-state index in [1.165, 1.54) is 11.8 Å². The summed E-state index contributed by atoms with van der Waals surface area (Å²) in [5, 5.41) is 6.65. The number of nitrogens with zero attached hydrogens (tertiary/aromatic N) is 5. The molecule has 0 saturated heterocycles. The molecule has 0 amide bonds. The highest BCUT2D eigenvalue weighted by Gasteiger charge is 2.12. The van der Waals surface area contributed by atoms with Gasteiger partial charge in [0, 0.05) is 44.5 Å². The Morgan fingerprint density at radius 3 is 2.44 bits per heavy atom. The number of rotatable bonds is 10. The molecule has 0 aliphatic carbocycles. The molecule has 39 heavy (non-hydrogen) atoms. The molecular formula is C29H31N7O2S. The van der Waals surface area contributed by atoms with E-state index in [-0.39, 0.29) is 5.75 Å². The van der Waals surface area contributed by atoms with Crippen LogP contribution in [0.4, 0.5) is 29.1 Å². The van der Waals surface area contributed by atoms with Gasteiger partial charge >= 0.3 is 0 Å². The van der Waals surface area contributed by atoms with Gasteiger partial charge in [0.05, 0.1) is 16.8 Å². The summed E-state index contributed by atoms with van der Waals surface area (Å²) in [5.74, 6) is 2.00. The Morgan fingerprint density at radius 2 is 1.69 bits per heavy atom. The van der Waals surface area contributed by atoms with E-state index in [9.17, 15) is 8.42 Å². The van der Waals surface area contributed by atoms with Crippen LogP contribution in [-0.4, -0.2) is 47.8 Å². The summed E-state index contributed by atoms with van der Waals surface area (Å²) in [6.07, 6.45) is 3.85. The van der Waals surface area contributed by atoms with Gasteiger partial charge in [0.25, 0.3) is 0 Å². The Morgan fingerprint density at radius 1 is 0.923 bits per heavy atom. The van der Waals surface area contributed by atoms with Crippen molar-refractivity contribution in [1.29, 1.82) is 0 Å². The number of aromatic nitrogens is 4. The molecule has 2 aromatic heterocycles. The topological polar surface area (TPSA) is 105 Å². The van der Waals surface area contributed by atoms with Crippen LogP contribution in [-0.2, 0) is 29.1 Å². The van der Waals surface area contributed by atoms with Crippen molar-refractivity contribution in [2.24, 2.45) is 7.05 Å². The normalized spacial score (nSPS) is 11.5. The lowest BCUT2D eigenvalue weighted by molar-refractivity contribution is 0.601. The molecule has 0 aliphatic heterocycles. The highest BCUT2D eigenvalue weighted by atomic mass is 32.2. The minimum Gasteiger partial charge on any atom is -0.355 e. The van der Waals surface area contributed by atoms with Gasteiger partial charge in [0.15, 0.2) is 9.84 Å². The van der Waals surface area contributed by atoms with E-state index in [4.69, 9.17) is 4.98 Å². The van der Waals surface area contributed by atoms with Crippen LogP contribution in [0.2, 0.25) is 0 Å². The van der Waals surface area contributed by atoms with Crippen molar-refractivity contribution in [3.63, 3.8) is 0 Å². The van der Waals surface area contributed by atoms with E-state index in [1.807, 2.05) is 55.4 Å². The summed E-state index contributed by atoms with van der Waals surface area (Å²) in [4.78, 5) is 15.8. The molecule has 5 aromatic rings. The van der Waals surface area contributed by atoms with Crippen LogP contribution < -0.4 is 15.5 Å². The first-order valence-corrected chi connectivity index (χ1v) is 14.7. The van der Waals surface area contributed by atoms with Gasteiger partial charge in [-0.3, -0.25) is 0 Å². The zero-order valence-corrected chi connectivity index (χ0v) is 23.0. The van der Waals surface area contributed by atoms with Crippen molar-refractivity contribution in [2.75, 3.05) is 35.4 Å². The van der Waals surface area contributed by atoms with Crippen LogP contribution in [0.15, 0.2) is 85.1 Å². The van der Waals surface area contributed by atoms with Crippen LogP contribution in [0.5, 0.6) is 0 Å². The van der Waals surface area contributed by atoms with Gasteiger partial charge in [0.2, 0.25) is 11.9 Å². The zero-order valence-electron chi connectivity index (χ0n) is 22.2. The van der Waals surface area contributed by atoms with Gasteiger partial charge < -0.3 is 20.1 Å². The second kappa shape index (κ2) is 11.1. The molecule has 2 heterocycles. The number of fused-ring (bicyclic) bond motifs is 1. The Kier molecular flexibility index (Phi) is 7.47. The molecule has 0 saturated carbocycles. The fourth-order valence-electron chi connectivity index (χ4n) is 4.36. The molecule has 0 fully saturated rings. The minimum atomic E-state index is -3.08. The summed E-state index contributed by atoms with van der Waals surface area (Å²) >= 11 is 0. The third-order valence-corrected chi connectivity index (χ3v) is 7.27. The van der Waals surface area contributed by atoms with Gasteiger partial charge in [-0.2, -0.15) is 4.98 Å².